The molecule has 0 amide bonds. The lowest BCUT2D eigenvalue weighted by Crippen LogP contribution is -2.22. The van der Waals surface area contributed by atoms with Crippen LogP contribution < -0.4 is 5.32 Å². The Hall–Kier alpha value is -1.68. The maximum Gasteiger partial charge on any atom is 0.126 e. The first-order valence-corrected chi connectivity index (χ1v) is 7.13. The number of hydrogen-bond acceptors (Lipinski definition) is 2. The average Bonchev–Trinajstić information content (AvgIpc) is 2.86. The van der Waals surface area contributed by atoms with Gasteiger partial charge in [0.2, 0.25) is 0 Å². The number of hydrogen-bond donors (Lipinski definition) is 1. The summed E-state index contributed by atoms with van der Waals surface area (Å²) >= 11 is 0. The van der Waals surface area contributed by atoms with Gasteiger partial charge in [0, 0.05) is 32.4 Å². The van der Waals surface area contributed by atoms with E-state index in [9.17, 15) is 4.39 Å². The lowest BCUT2D eigenvalue weighted by molar-refractivity contribution is 0.516. The fraction of sp³-hybridized carbons (Fsp3) is 0.438. The van der Waals surface area contributed by atoms with Crippen molar-refractivity contribution in [2.24, 2.45) is 7.05 Å². The minimum atomic E-state index is -0.116. The predicted octanol–water partition coefficient (Wildman–Crippen LogP) is 2.89. The minimum absolute atomic E-state index is 0.116. The zero-order chi connectivity index (χ0) is 14.4. The summed E-state index contributed by atoms with van der Waals surface area (Å²) in [7, 11) is 1.99. The molecule has 108 valence electrons. The van der Waals surface area contributed by atoms with Gasteiger partial charge in [-0.15, -0.1) is 0 Å². The molecule has 4 heteroatoms. The topological polar surface area (TPSA) is 29.9 Å². The Bertz CT molecular complexity index is 536. The fourth-order valence-corrected chi connectivity index (χ4v) is 2.43. The van der Waals surface area contributed by atoms with E-state index in [-0.39, 0.29) is 11.7 Å². The van der Waals surface area contributed by atoms with E-state index in [1.165, 1.54) is 6.07 Å². The van der Waals surface area contributed by atoms with Gasteiger partial charge in [-0.05, 0) is 30.5 Å². The summed E-state index contributed by atoms with van der Waals surface area (Å²) in [6.45, 7) is 3.76. The summed E-state index contributed by atoms with van der Waals surface area (Å²) in [5.74, 6) is 1.10. The summed E-state index contributed by atoms with van der Waals surface area (Å²) in [5.41, 5.74) is 0.794. The SMILES string of the molecule is CCNCC(CCc1nccn1C)c1ccccc1F. The van der Waals surface area contributed by atoms with Crippen LogP contribution in [0.1, 0.15) is 30.7 Å². The van der Waals surface area contributed by atoms with Gasteiger partial charge in [0.15, 0.2) is 0 Å². The van der Waals surface area contributed by atoms with Crippen LogP contribution in [-0.4, -0.2) is 22.6 Å². The van der Waals surface area contributed by atoms with Gasteiger partial charge in [-0.3, -0.25) is 0 Å². The zero-order valence-corrected chi connectivity index (χ0v) is 12.1. The van der Waals surface area contributed by atoms with E-state index in [1.54, 1.807) is 12.3 Å². The summed E-state index contributed by atoms with van der Waals surface area (Å²) in [6.07, 6.45) is 5.49. The van der Waals surface area contributed by atoms with Crippen LogP contribution in [0.2, 0.25) is 0 Å². The largest absolute Gasteiger partial charge is 0.338 e. The molecule has 1 N–H and O–H groups in total. The van der Waals surface area contributed by atoms with Crippen molar-refractivity contribution in [3.63, 3.8) is 0 Å². The Morgan fingerprint density at radius 3 is 2.80 bits per heavy atom. The lowest BCUT2D eigenvalue weighted by Gasteiger charge is -2.18. The first kappa shape index (κ1) is 14.7. The van der Waals surface area contributed by atoms with E-state index in [2.05, 4.69) is 17.2 Å². The smallest absolute Gasteiger partial charge is 0.126 e. The number of halogens is 1. The van der Waals surface area contributed by atoms with Gasteiger partial charge < -0.3 is 9.88 Å². The number of nitrogens with one attached hydrogen (secondary N) is 1. The summed E-state index contributed by atoms with van der Waals surface area (Å²) in [5, 5.41) is 3.32. The molecular formula is C16H22FN3. The zero-order valence-electron chi connectivity index (χ0n) is 12.1. The summed E-state index contributed by atoms with van der Waals surface area (Å²) in [4.78, 5) is 4.33. The highest BCUT2D eigenvalue weighted by Gasteiger charge is 2.16. The van der Waals surface area contributed by atoms with Crippen LogP contribution in [0, 0.1) is 5.82 Å². The number of likely N-dealkylation sites (N-methyl/N-ethyl adjacent to an activating group) is 1. The molecule has 1 heterocycles. The number of aryl methyl sites for hydroxylation is 2. The molecule has 20 heavy (non-hydrogen) atoms. The third-order valence-corrected chi connectivity index (χ3v) is 3.62. The third kappa shape index (κ3) is 3.67. The second-order valence-corrected chi connectivity index (χ2v) is 5.02. The molecule has 0 fully saturated rings. The molecule has 2 rings (SSSR count). The van der Waals surface area contributed by atoms with Crippen molar-refractivity contribution in [1.82, 2.24) is 14.9 Å². The molecule has 1 unspecified atom stereocenters. The van der Waals surface area contributed by atoms with Crippen molar-refractivity contribution < 1.29 is 4.39 Å². The molecule has 2 aromatic rings. The molecular weight excluding hydrogens is 253 g/mol. The fourth-order valence-electron chi connectivity index (χ4n) is 2.43. The van der Waals surface area contributed by atoms with Crippen LogP contribution in [0.4, 0.5) is 4.39 Å². The highest BCUT2D eigenvalue weighted by atomic mass is 19.1. The molecule has 0 aliphatic heterocycles. The van der Waals surface area contributed by atoms with Gasteiger partial charge in [0.05, 0.1) is 0 Å². The van der Waals surface area contributed by atoms with Gasteiger partial charge >= 0.3 is 0 Å². The minimum Gasteiger partial charge on any atom is -0.338 e. The Labute approximate surface area is 119 Å². The molecule has 1 atom stereocenters. The van der Waals surface area contributed by atoms with E-state index in [0.717, 1.165) is 37.3 Å². The third-order valence-electron chi connectivity index (χ3n) is 3.62. The second-order valence-electron chi connectivity index (χ2n) is 5.02. The highest BCUT2D eigenvalue weighted by Crippen LogP contribution is 2.23. The monoisotopic (exact) mass is 275 g/mol. The van der Waals surface area contributed by atoms with E-state index < -0.39 is 0 Å². The molecule has 0 aliphatic carbocycles. The van der Waals surface area contributed by atoms with Crippen LogP contribution in [0.15, 0.2) is 36.7 Å². The summed E-state index contributed by atoms with van der Waals surface area (Å²) in [6, 6.07) is 7.06. The first-order valence-electron chi connectivity index (χ1n) is 7.13. The molecule has 0 spiro atoms. The van der Waals surface area contributed by atoms with Crippen LogP contribution >= 0.6 is 0 Å². The molecule has 1 aromatic heterocycles. The molecule has 0 saturated carbocycles. The van der Waals surface area contributed by atoms with Gasteiger partial charge in [-0.25, -0.2) is 9.37 Å². The number of rotatable bonds is 7. The molecule has 0 aliphatic rings. The Kier molecular flexibility index (Phi) is 5.30. The van der Waals surface area contributed by atoms with Gasteiger partial charge in [0.25, 0.3) is 0 Å². The Balaban J connectivity index is 2.08. The predicted molar refractivity (Wildman–Crippen MR) is 79.2 cm³/mol. The van der Waals surface area contributed by atoms with Crippen LogP contribution in [0.3, 0.4) is 0 Å². The maximum absolute atomic E-state index is 14.0. The molecule has 3 nitrogen and oxygen atoms in total. The number of benzene rings is 1. The van der Waals surface area contributed by atoms with Crippen molar-refractivity contribution in [3.8, 4) is 0 Å². The highest BCUT2D eigenvalue weighted by molar-refractivity contribution is 5.22. The Morgan fingerprint density at radius 2 is 2.15 bits per heavy atom. The standard InChI is InChI=1S/C16H22FN3/c1-3-18-12-13(14-6-4-5-7-15(14)17)8-9-16-19-10-11-20(16)2/h4-7,10-11,13,18H,3,8-9,12H2,1-2H3. The van der Waals surface area contributed by atoms with Crippen molar-refractivity contribution in [2.45, 2.75) is 25.7 Å². The van der Waals surface area contributed by atoms with Crippen molar-refractivity contribution in [3.05, 3.63) is 53.9 Å². The summed E-state index contributed by atoms with van der Waals surface area (Å²) < 4.78 is 16.0. The van der Waals surface area contributed by atoms with Crippen molar-refractivity contribution >= 4 is 0 Å². The van der Waals surface area contributed by atoms with E-state index in [4.69, 9.17) is 0 Å². The normalized spacial score (nSPS) is 12.6. The first-order chi connectivity index (χ1) is 9.72. The Morgan fingerprint density at radius 1 is 1.35 bits per heavy atom. The van der Waals surface area contributed by atoms with Gasteiger partial charge in [-0.1, -0.05) is 25.1 Å². The number of imidazole rings is 1. The van der Waals surface area contributed by atoms with Gasteiger partial charge in [0.1, 0.15) is 11.6 Å². The molecule has 0 radical (unpaired) electrons. The molecule has 1 aromatic carbocycles. The van der Waals surface area contributed by atoms with Crippen LogP contribution in [-0.2, 0) is 13.5 Å². The van der Waals surface area contributed by atoms with E-state index >= 15 is 0 Å². The number of nitrogens with zero attached hydrogens (tertiary/aromatic N) is 2. The van der Waals surface area contributed by atoms with Crippen LogP contribution in [0.5, 0.6) is 0 Å². The lowest BCUT2D eigenvalue weighted by atomic mass is 9.93. The number of aromatic nitrogens is 2. The van der Waals surface area contributed by atoms with E-state index in [0.29, 0.717) is 0 Å². The second kappa shape index (κ2) is 7.20. The van der Waals surface area contributed by atoms with Gasteiger partial charge in [-0.2, -0.15) is 0 Å². The van der Waals surface area contributed by atoms with Crippen LogP contribution in [0.25, 0.3) is 0 Å². The van der Waals surface area contributed by atoms with Crippen molar-refractivity contribution in [1.29, 1.82) is 0 Å². The molecule has 0 bridgehead atoms. The average molecular weight is 275 g/mol. The van der Waals surface area contributed by atoms with Crippen molar-refractivity contribution in [2.75, 3.05) is 13.1 Å². The van der Waals surface area contributed by atoms with E-state index in [1.807, 2.05) is 29.9 Å². The maximum atomic E-state index is 14.0. The quantitative estimate of drug-likeness (QED) is 0.842. The molecule has 0 saturated heterocycles.